The molecule has 0 aliphatic rings. The second kappa shape index (κ2) is 8.50. The molecule has 6 heteroatoms. The van der Waals surface area contributed by atoms with Crippen molar-refractivity contribution in [2.24, 2.45) is 11.8 Å². The highest BCUT2D eigenvalue weighted by Crippen LogP contribution is 2.07. The van der Waals surface area contributed by atoms with Gasteiger partial charge in [-0.25, -0.2) is 0 Å². The zero-order valence-electron chi connectivity index (χ0n) is 12.0. The Morgan fingerprint density at radius 3 is 2.16 bits per heavy atom. The largest absolute Gasteiger partial charge is 0.481 e. The zero-order chi connectivity index (χ0) is 15.0. The number of amides is 2. The van der Waals surface area contributed by atoms with Crippen molar-refractivity contribution in [1.82, 2.24) is 10.6 Å². The van der Waals surface area contributed by atoms with E-state index in [-0.39, 0.29) is 30.1 Å². The van der Waals surface area contributed by atoms with Crippen molar-refractivity contribution in [1.29, 1.82) is 0 Å². The predicted molar refractivity (Wildman–Crippen MR) is 71.5 cm³/mol. The monoisotopic (exact) mass is 272 g/mol. The number of aliphatic carboxylic acids is 1. The fourth-order valence-corrected chi connectivity index (χ4v) is 1.72. The van der Waals surface area contributed by atoms with Crippen LogP contribution in [0.3, 0.4) is 0 Å². The number of hydrogen-bond donors (Lipinski definition) is 3. The number of rotatable bonds is 8. The molecule has 3 N–H and O–H groups in total. The van der Waals surface area contributed by atoms with Gasteiger partial charge in [0.05, 0.1) is 0 Å². The van der Waals surface area contributed by atoms with Crippen LogP contribution in [0.25, 0.3) is 0 Å². The van der Waals surface area contributed by atoms with Crippen LogP contribution < -0.4 is 10.6 Å². The van der Waals surface area contributed by atoms with Crippen molar-refractivity contribution in [3.8, 4) is 0 Å². The molecule has 0 aliphatic carbocycles. The summed E-state index contributed by atoms with van der Waals surface area (Å²) in [5.41, 5.74) is 0. The van der Waals surface area contributed by atoms with Crippen LogP contribution in [0.5, 0.6) is 0 Å². The normalized spacial score (nSPS) is 13.7. The Bertz CT molecular complexity index is 329. The first kappa shape index (κ1) is 17.4. The van der Waals surface area contributed by atoms with Gasteiger partial charge in [0.1, 0.15) is 6.04 Å². The Labute approximate surface area is 113 Å². The third-order valence-electron chi connectivity index (χ3n) is 2.91. The Morgan fingerprint density at radius 1 is 1.21 bits per heavy atom. The molecule has 2 unspecified atom stereocenters. The van der Waals surface area contributed by atoms with E-state index in [4.69, 9.17) is 5.11 Å². The van der Waals surface area contributed by atoms with E-state index in [0.29, 0.717) is 13.0 Å². The van der Waals surface area contributed by atoms with Crippen molar-refractivity contribution in [2.75, 3.05) is 6.54 Å². The van der Waals surface area contributed by atoms with E-state index < -0.39 is 12.0 Å². The first-order valence-electron chi connectivity index (χ1n) is 6.54. The second-order valence-electron chi connectivity index (χ2n) is 5.04. The first-order chi connectivity index (χ1) is 8.77. The van der Waals surface area contributed by atoms with E-state index >= 15 is 0 Å². The van der Waals surface area contributed by atoms with Crippen molar-refractivity contribution in [3.05, 3.63) is 0 Å². The molecule has 0 heterocycles. The average molecular weight is 272 g/mol. The molecule has 2 atom stereocenters. The Hall–Kier alpha value is -1.59. The summed E-state index contributed by atoms with van der Waals surface area (Å²) >= 11 is 0. The quantitative estimate of drug-likeness (QED) is 0.608. The Morgan fingerprint density at radius 2 is 1.79 bits per heavy atom. The lowest BCUT2D eigenvalue weighted by Crippen LogP contribution is -2.50. The van der Waals surface area contributed by atoms with Crippen LogP contribution in [0.1, 0.15) is 40.5 Å². The molecule has 0 fully saturated rings. The molecule has 0 rings (SSSR count). The van der Waals surface area contributed by atoms with E-state index in [2.05, 4.69) is 10.6 Å². The first-order valence-corrected chi connectivity index (χ1v) is 6.54. The van der Waals surface area contributed by atoms with Crippen LogP contribution in [0.15, 0.2) is 0 Å². The molecule has 0 spiro atoms. The standard InChI is InChI=1S/C13H24N2O4/c1-5-10(6-11(17)18)7-14-13(19)12(8(2)3)15-9(4)16/h8,10,12H,5-7H2,1-4H3,(H,14,19)(H,15,16)(H,17,18). The smallest absolute Gasteiger partial charge is 0.303 e. The summed E-state index contributed by atoms with van der Waals surface area (Å²) in [4.78, 5) is 33.6. The molecule has 19 heavy (non-hydrogen) atoms. The molecular formula is C13H24N2O4. The molecule has 0 aromatic rings. The van der Waals surface area contributed by atoms with Crippen LogP contribution in [0, 0.1) is 11.8 Å². The van der Waals surface area contributed by atoms with E-state index in [1.54, 1.807) is 0 Å². The molecule has 0 aromatic carbocycles. The number of carbonyl (C=O) groups is 3. The lowest BCUT2D eigenvalue weighted by atomic mass is 10.0. The minimum atomic E-state index is -0.872. The van der Waals surface area contributed by atoms with Gasteiger partial charge in [-0.3, -0.25) is 14.4 Å². The summed E-state index contributed by atoms with van der Waals surface area (Å²) in [7, 11) is 0. The molecule has 6 nitrogen and oxygen atoms in total. The Kier molecular flexibility index (Phi) is 7.79. The molecule has 0 radical (unpaired) electrons. The van der Waals surface area contributed by atoms with Gasteiger partial charge >= 0.3 is 5.97 Å². The maximum Gasteiger partial charge on any atom is 0.303 e. The number of hydrogen-bond acceptors (Lipinski definition) is 3. The van der Waals surface area contributed by atoms with Gasteiger partial charge < -0.3 is 15.7 Å². The van der Waals surface area contributed by atoms with E-state index in [1.807, 2.05) is 20.8 Å². The maximum atomic E-state index is 12.0. The zero-order valence-corrected chi connectivity index (χ0v) is 12.0. The van der Waals surface area contributed by atoms with Crippen LogP contribution in [-0.4, -0.2) is 35.5 Å². The van der Waals surface area contributed by atoms with Crippen molar-refractivity contribution in [2.45, 2.75) is 46.6 Å². The van der Waals surface area contributed by atoms with Crippen LogP contribution in [-0.2, 0) is 14.4 Å². The van der Waals surface area contributed by atoms with E-state index in [1.165, 1.54) is 6.92 Å². The van der Waals surface area contributed by atoms with Gasteiger partial charge in [0.25, 0.3) is 0 Å². The molecular weight excluding hydrogens is 248 g/mol. The summed E-state index contributed by atoms with van der Waals surface area (Å²) in [5.74, 6) is -1.51. The minimum absolute atomic E-state index is 0.0246. The van der Waals surface area contributed by atoms with E-state index in [9.17, 15) is 14.4 Å². The summed E-state index contributed by atoms with van der Waals surface area (Å²) in [6, 6.07) is -0.583. The number of carbonyl (C=O) groups excluding carboxylic acids is 2. The third-order valence-corrected chi connectivity index (χ3v) is 2.91. The molecule has 0 aliphatic heterocycles. The Balaban J connectivity index is 4.39. The van der Waals surface area contributed by atoms with Gasteiger partial charge in [-0.1, -0.05) is 27.2 Å². The lowest BCUT2D eigenvalue weighted by molar-refractivity contribution is -0.138. The second-order valence-corrected chi connectivity index (χ2v) is 5.04. The van der Waals surface area contributed by atoms with Gasteiger partial charge in [-0.2, -0.15) is 0 Å². The van der Waals surface area contributed by atoms with Crippen LogP contribution in [0.4, 0.5) is 0 Å². The van der Waals surface area contributed by atoms with Gasteiger partial charge in [0.2, 0.25) is 11.8 Å². The lowest BCUT2D eigenvalue weighted by Gasteiger charge is -2.22. The van der Waals surface area contributed by atoms with Gasteiger partial charge in [0.15, 0.2) is 0 Å². The molecule has 110 valence electrons. The number of nitrogens with one attached hydrogen (secondary N) is 2. The number of carboxylic acids is 1. The molecule has 0 bridgehead atoms. The highest BCUT2D eigenvalue weighted by molar-refractivity contribution is 5.87. The minimum Gasteiger partial charge on any atom is -0.481 e. The SMILES string of the molecule is CCC(CNC(=O)C(NC(C)=O)C(C)C)CC(=O)O. The number of carboxylic acid groups (broad SMARTS) is 1. The third kappa shape index (κ3) is 7.43. The highest BCUT2D eigenvalue weighted by atomic mass is 16.4. The highest BCUT2D eigenvalue weighted by Gasteiger charge is 2.23. The topological polar surface area (TPSA) is 95.5 Å². The molecule has 0 saturated carbocycles. The fraction of sp³-hybridized carbons (Fsp3) is 0.769. The molecule has 2 amide bonds. The van der Waals surface area contributed by atoms with Gasteiger partial charge in [-0.05, 0) is 11.8 Å². The fourth-order valence-electron chi connectivity index (χ4n) is 1.72. The summed E-state index contributed by atoms with van der Waals surface area (Å²) < 4.78 is 0. The van der Waals surface area contributed by atoms with Crippen molar-refractivity contribution < 1.29 is 19.5 Å². The van der Waals surface area contributed by atoms with Gasteiger partial charge in [0, 0.05) is 19.9 Å². The molecule has 0 saturated heterocycles. The maximum absolute atomic E-state index is 12.0. The summed E-state index contributed by atoms with van der Waals surface area (Å²) in [6.45, 7) is 7.24. The van der Waals surface area contributed by atoms with Crippen LogP contribution in [0.2, 0.25) is 0 Å². The molecule has 0 aromatic heterocycles. The van der Waals surface area contributed by atoms with Crippen molar-refractivity contribution in [3.63, 3.8) is 0 Å². The van der Waals surface area contributed by atoms with Gasteiger partial charge in [-0.15, -0.1) is 0 Å². The van der Waals surface area contributed by atoms with Crippen molar-refractivity contribution >= 4 is 17.8 Å². The average Bonchev–Trinajstić information content (AvgIpc) is 2.29. The predicted octanol–water partition coefficient (Wildman–Crippen LogP) is 0.764. The van der Waals surface area contributed by atoms with E-state index in [0.717, 1.165) is 0 Å². The van der Waals surface area contributed by atoms with Crippen LogP contribution >= 0.6 is 0 Å². The summed E-state index contributed by atoms with van der Waals surface area (Å²) in [5, 5.41) is 14.0. The summed E-state index contributed by atoms with van der Waals surface area (Å²) in [6.07, 6.45) is 0.711.